The molecular weight excluding hydrogens is 448 g/mol. The average molecular weight is 469 g/mol. The van der Waals surface area contributed by atoms with Crippen LogP contribution in [0.3, 0.4) is 0 Å². The summed E-state index contributed by atoms with van der Waals surface area (Å²) in [6.45, 7) is 1.83. The van der Waals surface area contributed by atoms with E-state index in [2.05, 4.69) is 9.71 Å². The molecule has 0 aliphatic rings. The van der Waals surface area contributed by atoms with Crippen LogP contribution in [-0.2, 0) is 33.0 Å². The Labute approximate surface area is 191 Å². The fourth-order valence-corrected chi connectivity index (χ4v) is 5.29. The third-order valence-electron chi connectivity index (χ3n) is 4.70. The van der Waals surface area contributed by atoms with Crippen molar-refractivity contribution in [2.45, 2.75) is 22.8 Å². The Morgan fingerprint density at radius 3 is 2.66 bits per heavy atom. The molecule has 2 atom stereocenters. The van der Waals surface area contributed by atoms with Crippen LogP contribution in [0.4, 0.5) is 5.69 Å². The van der Waals surface area contributed by atoms with E-state index in [1.54, 1.807) is 48.7 Å². The number of fused-ring (bicyclic) bond motifs is 1. The number of ether oxygens (including phenoxy) is 1. The van der Waals surface area contributed by atoms with Crippen molar-refractivity contribution >= 4 is 45.2 Å². The molecule has 0 spiro atoms. The summed E-state index contributed by atoms with van der Waals surface area (Å²) in [5.74, 6) is -0.452. The quantitative estimate of drug-likeness (QED) is 0.317. The van der Waals surface area contributed by atoms with Crippen LogP contribution >= 0.6 is 0 Å². The number of furan rings is 1. The minimum absolute atomic E-state index is 0.0489. The Bertz CT molecular complexity index is 1230. The molecule has 0 aliphatic carbocycles. The zero-order chi connectivity index (χ0) is 22.7. The number of anilines is 1. The number of nitrogens with one attached hydrogen (secondary N) is 1. The molecule has 0 radical (unpaired) electrons. The SMILES string of the molecule is COC(=O)c1ccccc1C[S+]([O-])c1ncc(C)cc1N[S+]([O-])c1cc2ccccc2o1. The van der Waals surface area contributed by atoms with Gasteiger partial charge in [0.1, 0.15) is 22.7 Å². The van der Waals surface area contributed by atoms with E-state index in [-0.39, 0.29) is 15.9 Å². The van der Waals surface area contributed by atoms with Gasteiger partial charge in [-0.3, -0.25) is 0 Å². The first-order valence-electron chi connectivity index (χ1n) is 9.64. The normalized spacial score (nSPS) is 13.0. The van der Waals surface area contributed by atoms with Crippen LogP contribution in [-0.4, -0.2) is 27.2 Å². The fourth-order valence-electron chi connectivity index (χ4n) is 3.18. The Balaban J connectivity index is 1.60. The minimum atomic E-state index is -1.73. The molecule has 9 heteroatoms. The standard InChI is InChI=1S/C23H20N2O5S2/c1-15-11-19(25-32(28)21-12-16-7-4-6-10-20(16)30-21)22(24-13-15)31(27)14-17-8-3-5-9-18(17)23(26)29-2/h3-13,25H,14H2,1-2H3. The first-order valence-corrected chi connectivity index (χ1v) is 12.1. The van der Waals surface area contributed by atoms with Crippen LogP contribution in [0.5, 0.6) is 0 Å². The minimum Gasteiger partial charge on any atom is -0.610 e. The monoisotopic (exact) mass is 468 g/mol. The molecule has 2 heterocycles. The number of esters is 1. The van der Waals surface area contributed by atoms with Gasteiger partial charge in [0, 0.05) is 34.4 Å². The van der Waals surface area contributed by atoms with Gasteiger partial charge < -0.3 is 18.3 Å². The van der Waals surface area contributed by atoms with Gasteiger partial charge in [0.25, 0.3) is 5.03 Å². The van der Waals surface area contributed by atoms with Gasteiger partial charge in [-0.1, -0.05) is 36.4 Å². The summed E-state index contributed by atoms with van der Waals surface area (Å²) in [5.41, 5.74) is 2.73. The van der Waals surface area contributed by atoms with E-state index in [9.17, 15) is 13.9 Å². The Hall–Kier alpha value is -2.98. The summed E-state index contributed by atoms with van der Waals surface area (Å²) in [6, 6.07) is 17.6. The van der Waals surface area contributed by atoms with Crippen molar-refractivity contribution in [3.05, 3.63) is 83.6 Å². The number of nitrogens with zero attached hydrogens (tertiary/aromatic N) is 1. The lowest BCUT2D eigenvalue weighted by molar-refractivity contribution is 0.0600. The maximum atomic E-state index is 13.2. The molecule has 0 saturated carbocycles. The molecule has 0 bridgehead atoms. The van der Waals surface area contributed by atoms with Crippen molar-refractivity contribution in [2.24, 2.45) is 0 Å². The summed E-state index contributed by atoms with van der Waals surface area (Å²) >= 11 is -3.34. The van der Waals surface area contributed by atoms with E-state index in [0.29, 0.717) is 22.4 Å². The van der Waals surface area contributed by atoms with Gasteiger partial charge in [-0.25, -0.2) is 9.78 Å². The highest BCUT2D eigenvalue weighted by molar-refractivity contribution is 7.93. The number of hydrogen-bond donors (Lipinski definition) is 1. The van der Waals surface area contributed by atoms with Gasteiger partial charge in [0.05, 0.1) is 12.7 Å². The summed E-state index contributed by atoms with van der Waals surface area (Å²) < 4.78 is 39.5. The molecule has 32 heavy (non-hydrogen) atoms. The summed E-state index contributed by atoms with van der Waals surface area (Å²) in [7, 11) is 1.30. The predicted molar refractivity (Wildman–Crippen MR) is 123 cm³/mol. The maximum Gasteiger partial charge on any atom is 0.339 e. The summed E-state index contributed by atoms with van der Waals surface area (Å²) in [4.78, 5) is 16.4. The van der Waals surface area contributed by atoms with E-state index in [4.69, 9.17) is 9.15 Å². The molecule has 2 aromatic carbocycles. The zero-order valence-corrected chi connectivity index (χ0v) is 19.0. The zero-order valence-electron chi connectivity index (χ0n) is 17.4. The van der Waals surface area contributed by atoms with Crippen molar-refractivity contribution in [3.63, 3.8) is 0 Å². The highest BCUT2D eigenvalue weighted by Crippen LogP contribution is 2.29. The van der Waals surface area contributed by atoms with Crippen LogP contribution < -0.4 is 4.72 Å². The van der Waals surface area contributed by atoms with Crippen molar-refractivity contribution in [1.29, 1.82) is 0 Å². The number of aromatic nitrogens is 1. The molecule has 1 N–H and O–H groups in total. The number of carbonyl (C=O) groups is 1. The second-order valence-corrected chi connectivity index (χ2v) is 9.49. The second-order valence-electron chi connectivity index (χ2n) is 6.98. The van der Waals surface area contributed by atoms with Gasteiger partial charge in [0.2, 0.25) is 0 Å². The number of pyridine rings is 1. The molecule has 7 nitrogen and oxygen atoms in total. The average Bonchev–Trinajstić information content (AvgIpc) is 3.23. The highest BCUT2D eigenvalue weighted by atomic mass is 32.2. The highest BCUT2D eigenvalue weighted by Gasteiger charge is 2.26. The number of hydrogen-bond acceptors (Lipinski definition) is 7. The third-order valence-corrected chi connectivity index (χ3v) is 7.00. The number of aryl methyl sites for hydroxylation is 1. The van der Waals surface area contributed by atoms with Crippen LogP contribution in [0, 0.1) is 6.92 Å². The lowest BCUT2D eigenvalue weighted by Gasteiger charge is -2.16. The number of rotatable bonds is 7. The molecule has 2 unspecified atom stereocenters. The third kappa shape index (κ3) is 4.76. The molecule has 164 valence electrons. The molecule has 0 saturated heterocycles. The van der Waals surface area contributed by atoms with Crippen molar-refractivity contribution in [3.8, 4) is 0 Å². The van der Waals surface area contributed by atoms with E-state index < -0.39 is 28.5 Å². The van der Waals surface area contributed by atoms with Crippen LogP contribution in [0.25, 0.3) is 11.0 Å². The van der Waals surface area contributed by atoms with Crippen LogP contribution in [0.15, 0.2) is 81.4 Å². The van der Waals surface area contributed by atoms with Crippen LogP contribution in [0.2, 0.25) is 0 Å². The lowest BCUT2D eigenvalue weighted by atomic mass is 10.1. The first-order chi connectivity index (χ1) is 15.5. The molecule has 0 amide bonds. The van der Waals surface area contributed by atoms with E-state index >= 15 is 0 Å². The molecule has 0 aliphatic heterocycles. The number of benzene rings is 2. The molecule has 2 aromatic heterocycles. The smallest absolute Gasteiger partial charge is 0.339 e. The number of methoxy groups -OCH3 is 1. The molecular formula is C23H20N2O5S2. The fraction of sp³-hybridized carbons (Fsp3) is 0.130. The van der Waals surface area contributed by atoms with E-state index in [1.165, 1.54) is 7.11 Å². The van der Waals surface area contributed by atoms with Gasteiger partial charge in [-0.05, 0) is 30.7 Å². The van der Waals surface area contributed by atoms with Gasteiger partial charge in [-0.15, -0.1) is 0 Å². The van der Waals surface area contributed by atoms with E-state index in [1.807, 2.05) is 25.1 Å². The largest absolute Gasteiger partial charge is 0.610 e. The second kappa shape index (κ2) is 9.66. The molecule has 4 aromatic rings. The lowest BCUT2D eigenvalue weighted by Crippen LogP contribution is -2.18. The Morgan fingerprint density at radius 1 is 1.12 bits per heavy atom. The molecule has 4 rings (SSSR count). The predicted octanol–water partition coefficient (Wildman–Crippen LogP) is 4.37. The van der Waals surface area contributed by atoms with Crippen molar-refractivity contribution in [2.75, 3.05) is 11.8 Å². The summed E-state index contributed by atoms with van der Waals surface area (Å²) in [5, 5.41) is 1.32. The number of carbonyl (C=O) groups excluding carboxylic acids is 1. The summed E-state index contributed by atoms with van der Waals surface area (Å²) in [6.07, 6.45) is 1.59. The van der Waals surface area contributed by atoms with Gasteiger partial charge >= 0.3 is 11.1 Å². The van der Waals surface area contributed by atoms with Crippen molar-refractivity contribution < 1.29 is 23.1 Å². The van der Waals surface area contributed by atoms with Gasteiger partial charge in [-0.2, -0.15) is 4.72 Å². The number of para-hydroxylation sites is 1. The Morgan fingerprint density at radius 2 is 1.88 bits per heavy atom. The van der Waals surface area contributed by atoms with Crippen molar-refractivity contribution in [1.82, 2.24) is 4.98 Å². The van der Waals surface area contributed by atoms with Crippen LogP contribution in [0.1, 0.15) is 21.5 Å². The topological polar surface area (TPSA) is 110 Å². The Kier molecular flexibility index (Phi) is 6.71. The van der Waals surface area contributed by atoms with Gasteiger partial charge in [0.15, 0.2) is 5.69 Å². The maximum absolute atomic E-state index is 13.2. The molecule has 0 fully saturated rings. The van der Waals surface area contributed by atoms with E-state index in [0.717, 1.165) is 10.9 Å². The first kappa shape index (κ1) is 22.2.